The van der Waals surface area contributed by atoms with Gasteiger partial charge in [0.15, 0.2) is 0 Å². The molecule has 1 aromatic rings. The highest BCUT2D eigenvalue weighted by Crippen LogP contribution is 2.11. The molecular weight excluding hydrogens is 258 g/mol. The van der Waals surface area contributed by atoms with Crippen molar-refractivity contribution in [1.29, 1.82) is 0 Å². The summed E-state index contributed by atoms with van der Waals surface area (Å²) in [4.78, 5) is 22.9. The van der Waals surface area contributed by atoms with Gasteiger partial charge in [-0.2, -0.15) is 0 Å². The molecule has 0 bridgehead atoms. The molecule has 0 aliphatic rings. The van der Waals surface area contributed by atoms with Crippen molar-refractivity contribution in [2.45, 2.75) is 26.2 Å². The highest BCUT2D eigenvalue weighted by Gasteiger charge is 2.05. The molecule has 0 heterocycles. The van der Waals surface area contributed by atoms with E-state index in [4.69, 9.17) is 4.74 Å². The van der Waals surface area contributed by atoms with E-state index in [-0.39, 0.29) is 12.3 Å². The Balaban J connectivity index is 2.27. The average Bonchev–Trinajstić information content (AvgIpc) is 2.46. The first-order valence-electron chi connectivity index (χ1n) is 6.61. The van der Waals surface area contributed by atoms with Crippen molar-refractivity contribution in [3.63, 3.8) is 0 Å². The zero-order valence-corrected chi connectivity index (χ0v) is 11.9. The lowest BCUT2D eigenvalue weighted by Gasteiger charge is -2.09. The van der Waals surface area contributed by atoms with Crippen LogP contribution in [0, 0.1) is 0 Å². The Hall–Kier alpha value is -2.24. The van der Waals surface area contributed by atoms with Crippen molar-refractivity contribution in [2.24, 2.45) is 0 Å². The van der Waals surface area contributed by atoms with Crippen LogP contribution in [-0.2, 0) is 11.2 Å². The molecule has 0 radical (unpaired) electrons. The van der Waals surface area contributed by atoms with E-state index in [2.05, 4.69) is 16.2 Å². The van der Waals surface area contributed by atoms with E-state index in [0.717, 1.165) is 24.2 Å². The molecule has 0 fully saturated rings. The maximum Gasteiger partial charge on any atom is 0.333 e. The summed E-state index contributed by atoms with van der Waals surface area (Å²) in [6, 6.07) is 6.78. The number of amides is 3. The average molecular weight is 279 g/mol. The molecule has 0 aromatic heterocycles. The molecule has 0 atom stereocenters. The Kier molecular flexibility index (Phi) is 6.95. The van der Waals surface area contributed by atoms with E-state index >= 15 is 0 Å². The van der Waals surface area contributed by atoms with Gasteiger partial charge in [0, 0.05) is 6.54 Å². The van der Waals surface area contributed by atoms with Gasteiger partial charge in [-0.05, 0) is 24.1 Å². The number of hydrazine groups is 1. The van der Waals surface area contributed by atoms with Gasteiger partial charge in [-0.25, -0.2) is 10.2 Å². The summed E-state index contributed by atoms with van der Waals surface area (Å²) in [5.74, 6) is 0.461. The van der Waals surface area contributed by atoms with E-state index in [1.807, 2.05) is 6.92 Å². The van der Waals surface area contributed by atoms with Gasteiger partial charge in [-0.1, -0.05) is 25.5 Å². The van der Waals surface area contributed by atoms with Crippen LogP contribution in [-0.4, -0.2) is 25.6 Å². The quantitative estimate of drug-likeness (QED) is 0.543. The van der Waals surface area contributed by atoms with Gasteiger partial charge in [-0.3, -0.25) is 10.2 Å². The van der Waals surface area contributed by atoms with Crippen LogP contribution >= 0.6 is 0 Å². The third kappa shape index (κ3) is 6.08. The van der Waals surface area contributed by atoms with E-state index in [1.165, 1.54) is 0 Å². The van der Waals surface area contributed by atoms with Gasteiger partial charge in [0.2, 0.25) is 5.91 Å². The van der Waals surface area contributed by atoms with Gasteiger partial charge in [0.25, 0.3) is 0 Å². The van der Waals surface area contributed by atoms with Crippen LogP contribution in [0.1, 0.15) is 25.3 Å². The number of benzene rings is 1. The zero-order valence-electron chi connectivity index (χ0n) is 11.9. The maximum atomic E-state index is 11.6. The number of urea groups is 1. The summed E-state index contributed by atoms with van der Waals surface area (Å²) in [6.07, 6.45) is 2.11. The topological polar surface area (TPSA) is 79.5 Å². The molecule has 6 nitrogen and oxygen atoms in total. The minimum absolute atomic E-state index is 0.194. The number of hydrogen-bond donors (Lipinski definition) is 3. The predicted octanol–water partition coefficient (Wildman–Crippen LogP) is 1.37. The van der Waals surface area contributed by atoms with Crippen molar-refractivity contribution in [3.05, 3.63) is 29.8 Å². The van der Waals surface area contributed by atoms with Crippen LogP contribution < -0.4 is 20.9 Å². The second-order valence-electron chi connectivity index (χ2n) is 4.31. The highest BCUT2D eigenvalue weighted by molar-refractivity contribution is 5.82. The van der Waals surface area contributed by atoms with Crippen LogP contribution in [0.2, 0.25) is 0 Å². The first kappa shape index (κ1) is 15.8. The van der Waals surface area contributed by atoms with E-state index in [0.29, 0.717) is 6.54 Å². The second-order valence-corrected chi connectivity index (χ2v) is 4.31. The molecule has 110 valence electrons. The van der Waals surface area contributed by atoms with Crippen molar-refractivity contribution in [3.8, 4) is 5.75 Å². The summed E-state index contributed by atoms with van der Waals surface area (Å²) in [6.45, 7) is 2.63. The molecule has 6 heteroatoms. The van der Waals surface area contributed by atoms with Crippen LogP contribution in [0.5, 0.6) is 5.75 Å². The van der Waals surface area contributed by atoms with Crippen LogP contribution in [0.25, 0.3) is 0 Å². The number of hydrogen-bond acceptors (Lipinski definition) is 3. The van der Waals surface area contributed by atoms with Crippen molar-refractivity contribution < 1.29 is 14.3 Å². The van der Waals surface area contributed by atoms with E-state index in [1.54, 1.807) is 31.4 Å². The Morgan fingerprint density at radius 1 is 1.15 bits per heavy atom. The fourth-order valence-electron chi connectivity index (χ4n) is 1.52. The molecule has 0 spiro atoms. The number of nitrogens with one attached hydrogen (secondary N) is 3. The van der Waals surface area contributed by atoms with Gasteiger partial charge < -0.3 is 10.1 Å². The lowest BCUT2D eigenvalue weighted by molar-refractivity contribution is -0.121. The molecule has 0 saturated carbocycles. The first-order chi connectivity index (χ1) is 9.65. The fourth-order valence-corrected chi connectivity index (χ4v) is 1.52. The van der Waals surface area contributed by atoms with Gasteiger partial charge in [-0.15, -0.1) is 0 Å². The van der Waals surface area contributed by atoms with Crippen molar-refractivity contribution in [2.75, 3.05) is 13.7 Å². The molecule has 3 amide bonds. The number of carbonyl (C=O) groups is 2. The smallest absolute Gasteiger partial charge is 0.333 e. The second kappa shape index (κ2) is 8.79. The molecule has 3 N–H and O–H groups in total. The van der Waals surface area contributed by atoms with Gasteiger partial charge in [0.1, 0.15) is 5.75 Å². The Bertz CT molecular complexity index is 432. The minimum Gasteiger partial charge on any atom is -0.497 e. The number of methoxy groups -OCH3 is 1. The Morgan fingerprint density at radius 2 is 1.85 bits per heavy atom. The minimum atomic E-state index is -0.401. The summed E-state index contributed by atoms with van der Waals surface area (Å²) < 4.78 is 5.03. The molecule has 0 aliphatic carbocycles. The van der Waals surface area contributed by atoms with Crippen LogP contribution in [0.3, 0.4) is 0 Å². The third-order valence-electron chi connectivity index (χ3n) is 2.66. The molecule has 0 saturated heterocycles. The van der Waals surface area contributed by atoms with Gasteiger partial charge in [0.05, 0.1) is 13.5 Å². The molecule has 1 aromatic carbocycles. The Labute approximate surface area is 118 Å². The zero-order chi connectivity index (χ0) is 14.8. The van der Waals surface area contributed by atoms with Crippen molar-refractivity contribution in [1.82, 2.24) is 16.2 Å². The maximum absolute atomic E-state index is 11.6. The molecule has 0 unspecified atom stereocenters. The first-order valence-corrected chi connectivity index (χ1v) is 6.61. The summed E-state index contributed by atoms with van der Waals surface area (Å²) in [5.41, 5.74) is 5.51. The van der Waals surface area contributed by atoms with Crippen LogP contribution in [0.15, 0.2) is 24.3 Å². The molecular formula is C14H21N3O3. The van der Waals surface area contributed by atoms with E-state index < -0.39 is 6.03 Å². The Morgan fingerprint density at radius 3 is 2.45 bits per heavy atom. The summed E-state index contributed by atoms with van der Waals surface area (Å²) in [5, 5.41) is 2.64. The standard InChI is InChI=1S/C14H21N3O3/c1-3-4-9-15-14(19)17-16-13(18)10-11-5-7-12(20-2)8-6-11/h5-8H,3-4,9-10H2,1-2H3,(H,16,18)(H2,15,17,19). The van der Waals surface area contributed by atoms with Gasteiger partial charge >= 0.3 is 6.03 Å². The number of rotatable bonds is 6. The third-order valence-corrected chi connectivity index (χ3v) is 2.66. The summed E-state index contributed by atoms with van der Waals surface area (Å²) in [7, 11) is 1.59. The lowest BCUT2D eigenvalue weighted by atomic mass is 10.1. The highest BCUT2D eigenvalue weighted by atomic mass is 16.5. The predicted molar refractivity (Wildman–Crippen MR) is 76.3 cm³/mol. The fraction of sp³-hybridized carbons (Fsp3) is 0.429. The monoisotopic (exact) mass is 279 g/mol. The molecule has 1 rings (SSSR count). The summed E-state index contributed by atoms with van der Waals surface area (Å²) >= 11 is 0. The number of carbonyl (C=O) groups excluding carboxylic acids is 2. The van der Waals surface area contributed by atoms with Crippen molar-refractivity contribution >= 4 is 11.9 Å². The molecule has 0 aliphatic heterocycles. The normalized spacial score (nSPS) is 9.70. The lowest BCUT2D eigenvalue weighted by Crippen LogP contribution is -2.47. The van der Waals surface area contributed by atoms with Crippen LogP contribution in [0.4, 0.5) is 4.79 Å². The largest absolute Gasteiger partial charge is 0.497 e. The number of unbranched alkanes of at least 4 members (excludes halogenated alkanes) is 1. The molecule has 20 heavy (non-hydrogen) atoms. The number of ether oxygens (including phenoxy) is 1. The van der Waals surface area contributed by atoms with E-state index in [9.17, 15) is 9.59 Å². The SMILES string of the molecule is CCCCNC(=O)NNC(=O)Cc1ccc(OC)cc1.